The first-order valence-electron chi connectivity index (χ1n) is 4.15. The minimum Gasteiger partial charge on any atom is -0.472 e. The molecule has 2 nitrogen and oxygen atoms in total. The van der Waals surface area contributed by atoms with Gasteiger partial charge in [-0.3, -0.25) is 0 Å². The van der Waals surface area contributed by atoms with E-state index in [2.05, 4.69) is 6.58 Å². The van der Waals surface area contributed by atoms with Crippen molar-refractivity contribution in [3.8, 4) is 0 Å². The molecular formula is C10H14O2. The molecule has 0 amide bonds. The van der Waals surface area contributed by atoms with E-state index in [9.17, 15) is 5.11 Å². The minimum atomic E-state index is -0.385. The number of hydrogen-bond donors (Lipinski definition) is 1. The molecular weight excluding hydrogens is 152 g/mol. The lowest BCUT2D eigenvalue weighted by Crippen LogP contribution is -1.94. The molecule has 66 valence electrons. The summed E-state index contributed by atoms with van der Waals surface area (Å²) in [5, 5.41) is 9.54. The third kappa shape index (κ3) is 2.55. The Morgan fingerprint density at radius 3 is 3.08 bits per heavy atom. The van der Waals surface area contributed by atoms with Crippen LogP contribution >= 0.6 is 0 Å². The van der Waals surface area contributed by atoms with Crippen LogP contribution in [0.4, 0.5) is 0 Å². The van der Waals surface area contributed by atoms with Gasteiger partial charge in [0.15, 0.2) is 0 Å². The van der Waals surface area contributed by atoms with Crippen molar-refractivity contribution < 1.29 is 9.52 Å². The Bertz CT molecular complexity index is 214. The van der Waals surface area contributed by atoms with Crippen LogP contribution in [-0.2, 0) is 0 Å². The van der Waals surface area contributed by atoms with Crippen molar-refractivity contribution in [2.75, 3.05) is 0 Å². The van der Waals surface area contributed by atoms with Gasteiger partial charge in [-0.15, -0.1) is 6.58 Å². The molecule has 1 rings (SSSR count). The van der Waals surface area contributed by atoms with Crippen molar-refractivity contribution in [3.63, 3.8) is 0 Å². The SMILES string of the molecule is C=CCCCC(O)c1ccoc1. The summed E-state index contributed by atoms with van der Waals surface area (Å²) in [6, 6.07) is 1.79. The van der Waals surface area contributed by atoms with Gasteiger partial charge in [0, 0.05) is 5.56 Å². The molecule has 0 aliphatic carbocycles. The van der Waals surface area contributed by atoms with Crippen molar-refractivity contribution in [1.29, 1.82) is 0 Å². The molecule has 0 aliphatic rings. The predicted octanol–water partition coefficient (Wildman–Crippen LogP) is 2.67. The molecule has 1 aromatic heterocycles. The first-order valence-corrected chi connectivity index (χ1v) is 4.15. The Morgan fingerprint density at radius 1 is 1.67 bits per heavy atom. The molecule has 0 aromatic carbocycles. The highest BCUT2D eigenvalue weighted by molar-refractivity contribution is 5.08. The Kier molecular flexibility index (Phi) is 3.61. The fourth-order valence-electron chi connectivity index (χ4n) is 1.09. The van der Waals surface area contributed by atoms with E-state index in [1.54, 1.807) is 18.6 Å². The first kappa shape index (κ1) is 9.07. The second-order valence-corrected chi connectivity index (χ2v) is 2.79. The number of allylic oxidation sites excluding steroid dienone is 1. The number of unbranched alkanes of at least 4 members (excludes halogenated alkanes) is 1. The summed E-state index contributed by atoms with van der Waals surface area (Å²) >= 11 is 0. The highest BCUT2D eigenvalue weighted by Crippen LogP contribution is 2.18. The average molecular weight is 166 g/mol. The standard InChI is InChI=1S/C10H14O2/c1-2-3-4-5-10(11)9-6-7-12-8-9/h2,6-8,10-11H,1,3-5H2. The zero-order valence-corrected chi connectivity index (χ0v) is 7.07. The molecule has 1 heterocycles. The molecule has 0 radical (unpaired) electrons. The van der Waals surface area contributed by atoms with Gasteiger partial charge in [-0.25, -0.2) is 0 Å². The van der Waals surface area contributed by atoms with Crippen molar-refractivity contribution in [2.24, 2.45) is 0 Å². The van der Waals surface area contributed by atoms with Crippen LogP contribution in [0.25, 0.3) is 0 Å². The zero-order chi connectivity index (χ0) is 8.81. The van der Waals surface area contributed by atoms with E-state index in [-0.39, 0.29) is 6.10 Å². The third-order valence-electron chi connectivity index (χ3n) is 1.81. The Hall–Kier alpha value is -1.02. The quantitative estimate of drug-likeness (QED) is 0.539. The van der Waals surface area contributed by atoms with Crippen LogP contribution in [0, 0.1) is 0 Å². The molecule has 2 heteroatoms. The van der Waals surface area contributed by atoms with Crippen LogP contribution in [0.5, 0.6) is 0 Å². The molecule has 1 N–H and O–H groups in total. The largest absolute Gasteiger partial charge is 0.472 e. The molecule has 1 aromatic rings. The fourth-order valence-corrected chi connectivity index (χ4v) is 1.09. The van der Waals surface area contributed by atoms with Gasteiger partial charge < -0.3 is 9.52 Å². The lowest BCUT2D eigenvalue weighted by Gasteiger charge is -2.05. The van der Waals surface area contributed by atoms with Crippen LogP contribution < -0.4 is 0 Å². The number of rotatable bonds is 5. The Morgan fingerprint density at radius 2 is 2.50 bits per heavy atom. The molecule has 0 aliphatic heterocycles. The summed E-state index contributed by atoms with van der Waals surface area (Å²) < 4.78 is 4.86. The smallest absolute Gasteiger partial charge is 0.0960 e. The highest BCUT2D eigenvalue weighted by atomic mass is 16.3. The van der Waals surface area contributed by atoms with E-state index in [1.165, 1.54) is 0 Å². The van der Waals surface area contributed by atoms with Crippen LogP contribution in [0.2, 0.25) is 0 Å². The van der Waals surface area contributed by atoms with Crippen molar-refractivity contribution in [3.05, 3.63) is 36.8 Å². The van der Waals surface area contributed by atoms with E-state index >= 15 is 0 Å². The van der Waals surface area contributed by atoms with Crippen molar-refractivity contribution in [1.82, 2.24) is 0 Å². The number of aliphatic hydroxyl groups is 1. The number of furan rings is 1. The van der Waals surface area contributed by atoms with E-state index in [0.29, 0.717) is 0 Å². The van der Waals surface area contributed by atoms with Gasteiger partial charge in [-0.05, 0) is 25.3 Å². The van der Waals surface area contributed by atoms with Crippen LogP contribution in [-0.4, -0.2) is 5.11 Å². The lowest BCUT2D eigenvalue weighted by molar-refractivity contribution is 0.164. The van der Waals surface area contributed by atoms with Gasteiger partial charge in [0.1, 0.15) is 0 Å². The van der Waals surface area contributed by atoms with Crippen LogP contribution in [0.1, 0.15) is 30.9 Å². The second-order valence-electron chi connectivity index (χ2n) is 2.79. The molecule has 0 bridgehead atoms. The van der Waals surface area contributed by atoms with Gasteiger partial charge in [0.2, 0.25) is 0 Å². The van der Waals surface area contributed by atoms with Crippen LogP contribution in [0.15, 0.2) is 35.7 Å². The number of aliphatic hydroxyl groups excluding tert-OH is 1. The van der Waals surface area contributed by atoms with E-state index in [4.69, 9.17) is 4.42 Å². The van der Waals surface area contributed by atoms with E-state index in [1.807, 2.05) is 6.08 Å². The molecule has 0 spiro atoms. The topological polar surface area (TPSA) is 33.4 Å². The van der Waals surface area contributed by atoms with Crippen LogP contribution in [0.3, 0.4) is 0 Å². The second kappa shape index (κ2) is 4.78. The molecule has 1 atom stereocenters. The van der Waals surface area contributed by atoms with Gasteiger partial charge in [0.05, 0.1) is 18.6 Å². The first-order chi connectivity index (χ1) is 5.84. The summed E-state index contributed by atoms with van der Waals surface area (Å²) in [6.07, 6.45) is 7.33. The summed E-state index contributed by atoms with van der Waals surface area (Å²) in [7, 11) is 0. The van der Waals surface area contributed by atoms with Gasteiger partial charge in [-0.2, -0.15) is 0 Å². The molecule has 0 saturated heterocycles. The predicted molar refractivity (Wildman–Crippen MR) is 47.7 cm³/mol. The Labute approximate surface area is 72.5 Å². The lowest BCUT2D eigenvalue weighted by atomic mass is 10.1. The van der Waals surface area contributed by atoms with Gasteiger partial charge in [0.25, 0.3) is 0 Å². The Balaban J connectivity index is 2.29. The summed E-state index contributed by atoms with van der Waals surface area (Å²) in [6.45, 7) is 3.62. The third-order valence-corrected chi connectivity index (χ3v) is 1.81. The molecule has 1 unspecified atom stereocenters. The van der Waals surface area contributed by atoms with Crippen molar-refractivity contribution >= 4 is 0 Å². The summed E-state index contributed by atoms with van der Waals surface area (Å²) in [5.74, 6) is 0. The molecule has 0 saturated carbocycles. The van der Waals surface area contributed by atoms with Crippen molar-refractivity contribution in [2.45, 2.75) is 25.4 Å². The average Bonchev–Trinajstić information content (AvgIpc) is 2.56. The summed E-state index contributed by atoms with van der Waals surface area (Å²) in [4.78, 5) is 0. The molecule has 12 heavy (non-hydrogen) atoms. The fraction of sp³-hybridized carbons (Fsp3) is 0.400. The minimum absolute atomic E-state index is 0.385. The zero-order valence-electron chi connectivity index (χ0n) is 7.07. The van der Waals surface area contributed by atoms with Gasteiger partial charge in [-0.1, -0.05) is 6.08 Å². The summed E-state index contributed by atoms with van der Waals surface area (Å²) in [5.41, 5.74) is 0.860. The van der Waals surface area contributed by atoms with E-state index in [0.717, 1.165) is 24.8 Å². The maximum Gasteiger partial charge on any atom is 0.0960 e. The molecule has 0 fully saturated rings. The maximum absolute atomic E-state index is 9.54. The normalized spacial score (nSPS) is 12.8. The highest BCUT2D eigenvalue weighted by Gasteiger charge is 2.06. The van der Waals surface area contributed by atoms with Gasteiger partial charge >= 0.3 is 0 Å². The van der Waals surface area contributed by atoms with E-state index < -0.39 is 0 Å². The number of hydrogen-bond acceptors (Lipinski definition) is 2. The maximum atomic E-state index is 9.54. The monoisotopic (exact) mass is 166 g/mol.